The molecule has 0 aromatic heterocycles. The Balaban J connectivity index is 3.33. The molecule has 0 unspecified atom stereocenters. The molecule has 1 rings (SSSR count). The molecule has 5 heteroatoms. The van der Waals surface area contributed by atoms with Gasteiger partial charge in [-0.3, -0.25) is 4.79 Å². The van der Waals surface area contributed by atoms with Gasteiger partial charge in [-0.2, -0.15) is 0 Å². The smallest absolute Gasteiger partial charge is 0.253 e. The molecule has 12 heavy (non-hydrogen) atoms. The van der Waals surface area contributed by atoms with Crippen LogP contribution in [0.25, 0.3) is 0 Å². The Bertz CT molecular complexity index is 338. The minimum atomic E-state index is -0.562. The Morgan fingerprint density at radius 3 is 2.25 bits per heavy atom. The summed E-state index contributed by atoms with van der Waals surface area (Å²) in [5.41, 5.74) is 0.299. The van der Waals surface area contributed by atoms with Gasteiger partial charge in [0, 0.05) is 8.95 Å². The lowest BCUT2D eigenvalue weighted by molar-refractivity contribution is 0.108. The molecule has 0 N–H and O–H groups in total. The molecule has 0 fully saturated rings. The Morgan fingerprint density at radius 1 is 1.25 bits per heavy atom. The summed E-state index contributed by atoms with van der Waals surface area (Å²) in [6.45, 7) is 0. The van der Waals surface area contributed by atoms with E-state index in [0.29, 0.717) is 10.6 Å². The standard InChI is InChI=1S/C7H2Br2Cl2O/c8-4-1-3(7(11)12)6(10)2-5(4)9/h1-2H. The normalized spacial score (nSPS) is 10.0. The number of halogens is 4. The zero-order chi connectivity index (χ0) is 9.30. The van der Waals surface area contributed by atoms with Gasteiger partial charge in [0.2, 0.25) is 0 Å². The van der Waals surface area contributed by atoms with Crippen molar-refractivity contribution in [1.82, 2.24) is 0 Å². The summed E-state index contributed by atoms with van der Waals surface area (Å²) in [6.07, 6.45) is 0. The number of benzene rings is 1. The molecule has 0 saturated heterocycles. The quantitative estimate of drug-likeness (QED) is 0.555. The summed E-state index contributed by atoms with van der Waals surface area (Å²) in [7, 11) is 0. The van der Waals surface area contributed by atoms with Gasteiger partial charge in [0.25, 0.3) is 5.24 Å². The van der Waals surface area contributed by atoms with Crippen LogP contribution in [0, 0.1) is 0 Å². The van der Waals surface area contributed by atoms with Crippen LogP contribution in [0.2, 0.25) is 5.02 Å². The first-order valence-electron chi connectivity index (χ1n) is 2.86. The van der Waals surface area contributed by atoms with Crippen molar-refractivity contribution in [2.75, 3.05) is 0 Å². The molecule has 0 amide bonds. The maximum absolute atomic E-state index is 10.8. The molecule has 64 valence electrons. The van der Waals surface area contributed by atoms with Crippen molar-refractivity contribution in [3.63, 3.8) is 0 Å². The van der Waals surface area contributed by atoms with Crippen LogP contribution in [-0.2, 0) is 0 Å². The fourth-order valence-corrected chi connectivity index (χ4v) is 1.95. The Hall–Kier alpha value is 0.430. The number of hydrogen-bond acceptors (Lipinski definition) is 1. The first kappa shape index (κ1) is 10.5. The summed E-state index contributed by atoms with van der Waals surface area (Å²) in [5.74, 6) is 0. The molecule has 0 spiro atoms. The van der Waals surface area contributed by atoms with E-state index in [9.17, 15) is 4.79 Å². The molecule has 1 aromatic rings. The fraction of sp³-hybridized carbons (Fsp3) is 0. The van der Waals surface area contributed by atoms with Crippen LogP contribution in [0.4, 0.5) is 0 Å². The van der Waals surface area contributed by atoms with Crippen molar-refractivity contribution in [3.05, 3.63) is 31.7 Å². The second-order valence-corrected chi connectivity index (χ2v) is 4.48. The molecule has 0 heterocycles. The lowest BCUT2D eigenvalue weighted by atomic mass is 10.2. The third-order valence-electron chi connectivity index (χ3n) is 1.22. The van der Waals surface area contributed by atoms with Crippen LogP contribution in [-0.4, -0.2) is 5.24 Å². The molecule has 0 saturated carbocycles. The summed E-state index contributed by atoms with van der Waals surface area (Å²) < 4.78 is 1.53. The summed E-state index contributed by atoms with van der Waals surface area (Å²) in [5, 5.41) is -0.224. The molecule has 0 radical (unpaired) electrons. The molecule has 1 aromatic carbocycles. The summed E-state index contributed by atoms with van der Waals surface area (Å²) in [6, 6.07) is 3.18. The number of carbonyl (C=O) groups excluding carboxylic acids is 1. The topological polar surface area (TPSA) is 17.1 Å². The second kappa shape index (κ2) is 4.09. The highest BCUT2D eigenvalue weighted by Crippen LogP contribution is 2.30. The molecular formula is C7H2Br2Cl2O. The van der Waals surface area contributed by atoms with E-state index in [1.807, 2.05) is 0 Å². The van der Waals surface area contributed by atoms with Crippen LogP contribution in [0.1, 0.15) is 10.4 Å². The van der Waals surface area contributed by atoms with Crippen LogP contribution in [0.3, 0.4) is 0 Å². The van der Waals surface area contributed by atoms with Gasteiger partial charge in [-0.05, 0) is 55.6 Å². The van der Waals surface area contributed by atoms with Gasteiger partial charge in [0.1, 0.15) is 0 Å². The molecule has 0 aliphatic carbocycles. The van der Waals surface area contributed by atoms with E-state index in [1.54, 1.807) is 12.1 Å². The third kappa shape index (κ3) is 2.22. The van der Waals surface area contributed by atoms with E-state index in [1.165, 1.54) is 0 Å². The van der Waals surface area contributed by atoms with Crippen molar-refractivity contribution in [3.8, 4) is 0 Å². The van der Waals surface area contributed by atoms with Crippen LogP contribution >= 0.6 is 55.1 Å². The Morgan fingerprint density at radius 2 is 1.75 bits per heavy atom. The monoisotopic (exact) mass is 330 g/mol. The Kier molecular flexibility index (Phi) is 3.58. The predicted octanol–water partition coefficient (Wildman–Crippen LogP) is 4.24. The van der Waals surface area contributed by atoms with E-state index in [2.05, 4.69) is 31.9 Å². The van der Waals surface area contributed by atoms with Crippen molar-refractivity contribution in [2.24, 2.45) is 0 Å². The van der Waals surface area contributed by atoms with Gasteiger partial charge in [-0.15, -0.1) is 0 Å². The molecule has 0 aliphatic heterocycles. The molecular weight excluding hydrogens is 331 g/mol. The first-order valence-corrected chi connectivity index (χ1v) is 5.21. The average molecular weight is 333 g/mol. The second-order valence-electron chi connectivity index (χ2n) is 2.02. The highest BCUT2D eigenvalue weighted by Gasteiger charge is 2.10. The van der Waals surface area contributed by atoms with E-state index in [-0.39, 0.29) is 0 Å². The lowest BCUT2D eigenvalue weighted by Gasteiger charge is -2.01. The van der Waals surface area contributed by atoms with Crippen LogP contribution < -0.4 is 0 Å². The van der Waals surface area contributed by atoms with Gasteiger partial charge in [-0.1, -0.05) is 11.6 Å². The van der Waals surface area contributed by atoms with Gasteiger partial charge in [-0.25, -0.2) is 0 Å². The van der Waals surface area contributed by atoms with Crippen molar-refractivity contribution >= 4 is 60.3 Å². The third-order valence-corrected chi connectivity index (χ3v) is 3.58. The van der Waals surface area contributed by atoms with E-state index < -0.39 is 5.24 Å². The van der Waals surface area contributed by atoms with E-state index >= 15 is 0 Å². The van der Waals surface area contributed by atoms with Gasteiger partial charge in [0.15, 0.2) is 0 Å². The van der Waals surface area contributed by atoms with Crippen LogP contribution in [0.15, 0.2) is 21.1 Å². The van der Waals surface area contributed by atoms with Crippen LogP contribution in [0.5, 0.6) is 0 Å². The van der Waals surface area contributed by atoms with Gasteiger partial charge in [0.05, 0.1) is 10.6 Å². The maximum atomic E-state index is 10.8. The molecule has 0 aliphatic rings. The molecule has 0 atom stereocenters. The first-order chi connectivity index (χ1) is 5.52. The summed E-state index contributed by atoms with van der Waals surface area (Å²) >= 11 is 17.5. The number of carbonyl (C=O) groups is 1. The maximum Gasteiger partial charge on any atom is 0.253 e. The van der Waals surface area contributed by atoms with Crippen molar-refractivity contribution < 1.29 is 4.79 Å². The zero-order valence-corrected chi connectivity index (χ0v) is 10.3. The fourth-order valence-electron chi connectivity index (χ4n) is 0.673. The van der Waals surface area contributed by atoms with Crippen molar-refractivity contribution in [2.45, 2.75) is 0 Å². The van der Waals surface area contributed by atoms with Gasteiger partial charge >= 0.3 is 0 Å². The highest BCUT2D eigenvalue weighted by molar-refractivity contribution is 9.13. The predicted molar refractivity (Wildman–Crippen MR) is 57.0 cm³/mol. The SMILES string of the molecule is O=C(Cl)c1cc(Br)c(Br)cc1Cl. The van der Waals surface area contributed by atoms with Crippen molar-refractivity contribution in [1.29, 1.82) is 0 Å². The average Bonchev–Trinajstić information content (AvgIpc) is 1.96. The number of hydrogen-bond donors (Lipinski definition) is 0. The number of rotatable bonds is 1. The van der Waals surface area contributed by atoms with E-state index in [0.717, 1.165) is 8.95 Å². The minimum Gasteiger partial charge on any atom is -0.276 e. The highest BCUT2D eigenvalue weighted by atomic mass is 79.9. The minimum absolute atomic E-state index is 0.299. The molecule has 0 bridgehead atoms. The summed E-state index contributed by atoms with van der Waals surface area (Å²) in [4.78, 5) is 10.8. The Labute approximate surface area is 96.3 Å². The molecule has 1 nitrogen and oxygen atoms in total. The zero-order valence-electron chi connectivity index (χ0n) is 5.57. The van der Waals surface area contributed by atoms with Gasteiger partial charge < -0.3 is 0 Å². The largest absolute Gasteiger partial charge is 0.276 e. The lowest BCUT2D eigenvalue weighted by Crippen LogP contribution is -1.90. The van der Waals surface area contributed by atoms with E-state index in [4.69, 9.17) is 23.2 Å².